The molecule has 1 unspecified atom stereocenters. The van der Waals surface area contributed by atoms with E-state index >= 15 is 0 Å². The van der Waals surface area contributed by atoms with E-state index in [1.165, 1.54) is 16.7 Å². The standard InChI is InChI=1S/C15H13Cl2N/c1-9-4-2-3-5-11(9)15-7-10-6-12(16)13(17)8-14(10)18-15/h2-6,8,15,18H,7H2,1H3. The van der Waals surface area contributed by atoms with Gasteiger partial charge in [-0.25, -0.2) is 0 Å². The van der Waals surface area contributed by atoms with Crippen LogP contribution in [0.4, 0.5) is 5.69 Å². The Balaban J connectivity index is 1.96. The fourth-order valence-corrected chi connectivity index (χ4v) is 2.87. The summed E-state index contributed by atoms with van der Waals surface area (Å²) in [5, 5.41) is 4.75. The summed E-state index contributed by atoms with van der Waals surface area (Å²) < 4.78 is 0. The number of hydrogen-bond acceptors (Lipinski definition) is 1. The van der Waals surface area contributed by atoms with E-state index in [0.29, 0.717) is 16.1 Å². The van der Waals surface area contributed by atoms with Gasteiger partial charge in [0, 0.05) is 5.69 Å². The first-order valence-electron chi connectivity index (χ1n) is 5.95. The summed E-state index contributed by atoms with van der Waals surface area (Å²) >= 11 is 12.1. The SMILES string of the molecule is Cc1ccccc1C1Cc2cc(Cl)c(Cl)cc2N1. The smallest absolute Gasteiger partial charge is 0.0613 e. The highest BCUT2D eigenvalue weighted by Crippen LogP contribution is 2.39. The zero-order valence-electron chi connectivity index (χ0n) is 10.0. The number of rotatable bonds is 1. The van der Waals surface area contributed by atoms with E-state index in [1.54, 1.807) is 0 Å². The molecule has 1 aliphatic heterocycles. The van der Waals surface area contributed by atoms with Gasteiger partial charge in [-0.15, -0.1) is 0 Å². The van der Waals surface area contributed by atoms with Crippen molar-refractivity contribution < 1.29 is 0 Å². The number of aryl methyl sites for hydroxylation is 1. The third-order valence-corrected chi connectivity index (χ3v) is 4.19. The summed E-state index contributed by atoms with van der Waals surface area (Å²) in [6, 6.07) is 12.6. The Kier molecular flexibility index (Phi) is 2.96. The summed E-state index contributed by atoms with van der Waals surface area (Å²) in [5.74, 6) is 0. The number of halogens is 2. The van der Waals surface area contributed by atoms with E-state index < -0.39 is 0 Å². The Labute approximate surface area is 117 Å². The van der Waals surface area contributed by atoms with Crippen LogP contribution >= 0.6 is 23.2 Å². The van der Waals surface area contributed by atoms with E-state index in [9.17, 15) is 0 Å². The minimum Gasteiger partial charge on any atom is -0.378 e. The normalized spacial score (nSPS) is 17.4. The van der Waals surface area contributed by atoms with Gasteiger partial charge < -0.3 is 5.32 Å². The van der Waals surface area contributed by atoms with Gasteiger partial charge in [0.15, 0.2) is 0 Å². The van der Waals surface area contributed by atoms with Gasteiger partial charge in [0.25, 0.3) is 0 Å². The molecule has 1 aliphatic rings. The Hall–Kier alpha value is -1.18. The predicted octanol–water partition coefficient (Wildman–Crippen LogP) is 5.01. The van der Waals surface area contributed by atoms with Gasteiger partial charge >= 0.3 is 0 Å². The molecule has 0 amide bonds. The molecule has 3 rings (SSSR count). The van der Waals surface area contributed by atoms with Crippen molar-refractivity contribution in [2.75, 3.05) is 5.32 Å². The van der Waals surface area contributed by atoms with E-state index in [1.807, 2.05) is 12.1 Å². The van der Waals surface area contributed by atoms with E-state index in [2.05, 4.69) is 36.5 Å². The molecular weight excluding hydrogens is 265 g/mol. The topological polar surface area (TPSA) is 12.0 Å². The highest BCUT2D eigenvalue weighted by atomic mass is 35.5. The molecule has 0 saturated heterocycles. The summed E-state index contributed by atoms with van der Waals surface area (Å²) in [4.78, 5) is 0. The second-order valence-corrected chi connectivity index (χ2v) is 5.50. The van der Waals surface area contributed by atoms with Crippen molar-refractivity contribution in [2.24, 2.45) is 0 Å². The van der Waals surface area contributed by atoms with Crippen molar-refractivity contribution in [3.05, 3.63) is 63.1 Å². The lowest BCUT2D eigenvalue weighted by molar-refractivity contribution is 0.816. The Morgan fingerprint density at radius 2 is 1.83 bits per heavy atom. The third kappa shape index (κ3) is 1.98. The Bertz CT molecular complexity index is 576. The molecule has 92 valence electrons. The van der Waals surface area contributed by atoms with Crippen molar-refractivity contribution in [3.63, 3.8) is 0 Å². The first-order valence-corrected chi connectivity index (χ1v) is 6.71. The maximum atomic E-state index is 6.06. The van der Waals surface area contributed by atoms with Gasteiger partial charge in [-0.05, 0) is 42.2 Å². The molecular formula is C15H13Cl2N. The van der Waals surface area contributed by atoms with Gasteiger partial charge in [0.05, 0.1) is 16.1 Å². The van der Waals surface area contributed by atoms with Crippen LogP contribution in [0.5, 0.6) is 0 Å². The van der Waals surface area contributed by atoms with E-state index in [4.69, 9.17) is 23.2 Å². The molecule has 1 nitrogen and oxygen atoms in total. The molecule has 0 fully saturated rings. The minimum atomic E-state index is 0.315. The fourth-order valence-electron chi connectivity index (χ4n) is 2.52. The lowest BCUT2D eigenvalue weighted by Crippen LogP contribution is -2.07. The van der Waals surface area contributed by atoms with Crippen molar-refractivity contribution in [3.8, 4) is 0 Å². The summed E-state index contributed by atoms with van der Waals surface area (Å²) in [6.07, 6.45) is 0.955. The van der Waals surface area contributed by atoms with Crippen molar-refractivity contribution in [2.45, 2.75) is 19.4 Å². The average molecular weight is 278 g/mol. The Morgan fingerprint density at radius 1 is 1.11 bits per heavy atom. The largest absolute Gasteiger partial charge is 0.378 e. The number of benzene rings is 2. The zero-order chi connectivity index (χ0) is 12.7. The van der Waals surface area contributed by atoms with Crippen molar-refractivity contribution in [1.29, 1.82) is 0 Å². The molecule has 1 heterocycles. The Morgan fingerprint density at radius 3 is 2.61 bits per heavy atom. The van der Waals surface area contributed by atoms with Crippen molar-refractivity contribution in [1.82, 2.24) is 0 Å². The lowest BCUT2D eigenvalue weighted by Gasteiger charge is -2.14. The lowest BCUT2D eigenvalue weighted by atomic mass is 9.99. The van der Waals surface area contributed by atoms with Crippen LogP contribution in [0.25, 0.3) is 0 Å². The maximum absolute atomic E-state index is 6.06. The summed E-state index contributed by atoms with van der Waals surface area (Å²) in [5.41, 5.74) is 4.97. The van der Waals surface area contributed by atoms with Crippen LogP contribution < -0.4 is 5.32 Å². The molecule has 1 atom stereocenters. The van der Waals surface area contributed by atoms with Gasteiger partial charge in [0.1, 0.15) is 0 Å². The molecule has 0 aliphatic carbocycles. The second kappa shape index (κ2) is 4.49. The molecule has 2 aromatic carbocycles. The molecule has 1 N–H and O–H groups in total. The van der Waals surface area contributed by atoms with Crippen LogP contribution in [0.1, 0.15) is 22.7 Å². The molecule has 3 heteroatoms. The van der Waals surface area contributed by atoms with Gasteiger partial charge in [-0.2, -0.15) is 0 Å². The molecule has 18 heavy (non-hydrogen) atoms. The number of anilines is 1. The quantitative estimate of drug-likeness (QED) is 0.773. The minimum absolute atomic E-state index is 0.315. The van der Waals surface area contributed by atoms with Crippen LogP contribution in [-0.2, 0) is 6.42 Å². The van der Waals surface area contributed by atoms with E-state index in [0.717, 1.165) is 12.1 Å². The van der Waals surface area contributed by atoms with Crippen LogP contribution in [0.15, 0.2) is 36.4 Å². The molecule has 2 aromatic rings. The molecule has 0 spiro atoms. The first kappa shape index (κ1) is 11.9. The summed E-state index contributed by atoms with van der Waals surface area (Å²) in [6.45, 7) is 2.14. The fraction of sp³-hybridized carbons (Fsp3) is 0.200. The molecule has 0 aromatic heterocycles. The van der Waals surface area contributed by atoms with Crippen molar-refractivity contribution >= 4 is 28.9 Å². The molecule has 0 saturated carbocycles. The number of nitrogens with one attached hydrogen (secondary N) is 1. The number of fused-ring (bicyclic) bond motifs is 1. The highest BCUT2D eigenvalue weighted by Gasteiger charge is 2.23. The zero-order valence-corrected chi connectivity index (χ0v) is 11.5. The maximum Gasteiger partial charge on any atom is 0.0613 e. The molecule has 0 radical (unpaired) electrons. The highest BCUT2D eigenvalue weighted by molar-refractivity contribution is 6.42. The molecule has 0 bridgehead atoms. The van der Waals surface area contributed by atoms with Crippen LogP contribution in [-0.4, -0.2) is 0 Å². The third-order valence-electron chi connectivity index (χ3n) is 3.46. The second-order valence-electron chi connectivity index (χ2n) is 4.68. The van der Waals surface area contributed by atoms with Crippen LogP contribution in [0.3, 0.4) is 0 Å². The van der Waals surface area contributed by atoms with Crippen LogP contribution in [0, 0.1) is 6.92 Å². The van der Waals surface area contributed by atoms with Gasteiger partial charge in [0.2, 0.25) is 0 Å². The van der Waals surface area contributed by atoms with E-state index in [-0.39, 0.29) is 0 Å². The van der Waals surface area contributed by atoms with Crippen LogP contribution in [0.2, 0.25) is 10.0 Å². The first-order chi connectivity index (χ1) is 8.65. The number of hydrogen-bond donors (Lipinski definition) is 1. The predicted molar refractivity (Wildman–Crippen MR) is 77.7 cm³/mol. The monoisotopic (exact) mass is 277 g/mol. The van der Waals surface area contributed by atoms with Gasteiger partial charge in [-0.3, -0.25) is 0 Å². The summed E-state index contributed by atoms with van der Waals surface area (Å²) in [7, 11) is 0. The average Bonchev–Trinajstić information content (AvgIpc) is 2.73. The van der Waals surface area contributed by atoms with Gasteiger partial charge in [-0.1, -0.05) is 47.5 Å².